The Morgan fingerprint density at radius 3 is 2.50 bits per heavy atom. The van der Waals surface area contributed by atoms with E-state index in [9.17, 15) is 0 Å². The van der Waals surface area contributed by atoms with Crippen LogP contribution in [0.5, 0.6) is 0 Å². The van der Waals surface area contributed by atoms with Gasteiger partial charge in [-0.3, -0.25) is 4.68 Å². The Morgan fingerprint density at radius 2 is 2.00 bits per heavy atom. The quantitative estimate of drug-likeness (QED) is 0.904. The zero-order valence-corrected chi connectivity index (χ0v) is 12.2. The van der Waals surface area contributed by atoms with Gasteiger partial charge in [-0.1, -0.05) is 13.8 Å². The van der Waals surface area contributed by atoms with Crippen LogP contribution in [-0.4, -0.2) is 15.8 Å². The Hall–Kier alpha value is -0.350. The van der Waals surface area contributed by atoms with Gasteiger partial charge >= 0.3 is 0 Å². The molecule has 0 bridgehead atoms. The average molecular weight is 288 g/mol. The SMILES string of the molecule is CC(C)C(N)CCc1c(Br)cnn1C(C)C. The first-order chi connectivity index (χ1) is 7.43. The molecule has 1 heterocycles. The highest BCUT2D eigenvalue weighted by Crippen LogP contribution is 2.21. The molecule has 0 saturated carbocycles. The van der Waals surface area contributed by atoms with E-state index in [1.165, 1.54) is 5.69 Å². The third kappa shape index (κ3) is 3.32. The van der Waals surface area contributed by atoms with Crippen molar-refractivity contribution in [2.45, 2.75) is 52.6 Å². The zero-order valence-electron chi connectivity index (χ0n) is 10.6. The lowest BCUT2D eigenvalue weighted by molar-refractivity contribution is 0.445. The number of aromatic nitrogens is 2. The van der Waals surface area contributed by atoms with Crippen LogP contribution in [0.25, 0.3) is 0 Å². The summed E-state index contributed by atoms with van der Waals surface area (Å²) in [6.07, 6.45) is 3.86. The summed E-state index contributed by atoms with van der Waals surface area (Å²) in [4.78, 5) is 0. The van der Waals surface area contributed by atoms with E-state index < -0.39 is 0 Å². The molecular weight excluding hydrogens is 266 g/mol. The van der Waals surface area contributed by atoms with Crippen LogP contribution in [0.4, 0.5) is 0 Å². The Labute approximate surface area is 107 Å². The highest BCUT2D eigenvalue weighted by atomic mass is 79.9. The summed E-state index contributed by atoms with van der Waals surface area (Å²) in [6.45, 7) is 8.62. The van der Waals surface area contributed by atoms with Crippen molar-refractivity contribution in [1.29, 1.82) is 0 Å². The van der Waals surface area contributed by atoms with Gasteiger partial charge < -0.3 is 5.73 Å². The molecule has 0 aromatic carbocycles. The van der Waals surface area contributed by atoms with Crippen LogP contribution in [-0.2, 0) is 6.42 Å². The third-order valence-electron chi connectivity index (χ3n) is 2.91. The van der Waals surface area contributed by atoms with Crippen LogP contribution in [0.1, 0.15) is 45.9 Å². The fourth-order valence-electron chi connectivity index (χ4n) is 1.68. The molecule has 0 radical (unpaired) electrons. The van der Waals surface area contributed by atoms with E-state index in [1.807, 2.05) is 6.20 Å². The molecule has 92 valence electrons. The Kier molecular flexibility index (Phi) is 4.99. The lowest BCUT2D eigenvalue weighted by atomic mass is 9.99. The summed E-state index contributed by atoms with van der Waals surface area (Å²) in [7, 11) is 0. The first kappa shape index (κ1) is 13.7. The molecule has 0 fully saturated rings. The average Bonchev–Trinajstić information content (AvgIpc) is 2.56. The lowest BCUT2D eigenvalue weighted by Gasteiger charge is -2.17. The van der Waals surface area contributed by atoms with Crippen molar-refractivity contribution in [2.75, 3.05) is 0 Å². The largest absolute Gasteiger partial charge is 0.327 e. The third-order valence-corrected chi connectivity index (χ3v) is 3.57. The molecule has 1 unspecified atom stereocenters. The predicted molar refractivity (Wildman–Crippen MR) is 71.4 cm³/mol. The second-order valence-electron chi connectivity index (χ2n) is 4.92. The summed E-state index contributed by atoms with van der Waals surface area (Å²) in [6, 6.07) is 0.666. The van der Waals surface area contributed by atoms with Crippen molar-refractivity contribution in [1.82, 2.24) is 9.78 Å². The van der Waals surface area contributed by atoms with Crippen molar-refractivity contribution in [3.63, 3.8) is 0 Å². The predicted octanol–water partition coefficient (Wildman–Crippen LogP) is 3.14. The minimum absolute atomic E-state index is 0.266. The number of nitrogens with zero attached hydrogens (tertiary/aromatic N) is 2. The lowest BCUT2D eigenvalue weighted by Crippen LogP contribution is -2.27. The van der Waals surface area contributed by atoms with Gasteiger partial charge in [0.25, 0.3) is 0 Å². The van der Waals surface area contributed by atoms with Crippen molar-refractivity contribution < 1.29 is 0 Å². The highest BCUT2D eigenvalue weighted by Gasteiger charge is 2.14. The van der Waals surface area contributed by atoms with E-state index in [0.29, 0.717) is 12.0 Å². The Balaban J connectivity index is 2.69. The van der Waals surface area contributed by atoms with Crippen molar-refractivity contribution in [3.8, 4) is 0 Å². The van der Waals surface area contributed by atoms with E-state index in [1.54, 1.807) is 0 Å². The summed E-state index contributed by atoms with van der Waals surface area (Å²) < 4.78 is 3.16. The van der Waals surface area contributed by atoms with E-state index >= 15 is 0 Å². The van der Waals surface area contributed by atoms with Crippen molar-refractivity contribution >= 4 is 15.9 Å². The molecule has 1 aromatic rings. The number of nitrogens with two attached hydrogens (primary N) is 1. The van der Waals surface area contributed by atoms with Crippen LogP contribution in [0.3, 0.4) is 0 Å². The summed E-state index contributed by atoms with van der Waals surface area (Å²) >= 11 is 3.55. The van der Waals surface area contributed by atoms with Crippen LogP contribution < -0.4 is 5.73 Å². The number of rotatable bonds is 5. The van der Waals surface area contributed by atoms with Crippen LogP contribution >= 0.6 is 15.9 Å². The van der Waals surface area contributed by atoms with E-state index in [-0.39, 0.29) is 6.04 Å². The molecule has 0 aliphatic carbocycles. The second kappa shape index (κ2) is 5.82. The molecule has 0 saturated heterocycles. The molecular formula is C12H22BrN3. The summed E-state index contributed by atoms with van der Waals surface area (Å²) in [5.41, 5.74) is 7.32. The molecule has 4 heteroatoms. The normalized spacial score (nSPS) is 13.8. The van der Waals surface area contributed by atoms with Crippen LogP contribution in [0.15, 0.2) is 10.7 Å². The summed E-state index contributed by atoms with van der Waals surface area (Å²) in [5, 5.41) is 4.37. The van der Waals surface area contributed by atoms with E-state index in [0.717, 1.165) is 17.3 Å². The minimum atomic E-state index is 0.266. The van der Waals surface area contributed by atoms with Crippen molar-refractivity contribution in [2.24, 2.45) is 11.7 Å². The number of hydrogen-bond acceptors (Lipinski definition) is 2. The molecule has 0 aliphatic heterocycles. The molecule has 0 amide bonds. The molecule has 16 heavy (non-hydrogen) atoms. The minimum Gasteiger partial charge on any atom is -0.327 e. The van der Waals surface area contributed by atoms with Crippen molar-refractivity contribution in [3.05, 3.63) is 16.4 Å². The maximum Gasteiger partial charge on any atom is 0.0635 e. The van der Waals surface area contributed by atoms with Gasteiger partial charge in [-0.2, -0.15) is 5.10 Å². The molecule has 1 rings (SSSR count). The molecule has 0 aliphatic rings. The van der Waals surface area contributed by atoms with Crippen LogP contribution in [0, 0.1) is 5.92 Å². The smallest absolute Gasteiger partial charge is 0.0635 e. The zero-order chi connectivity index (χ0) is 12.3. The van der Waals surface area contributed by atoms with Gasteiger partial charge in [0.1, 0.15) is 0 Å². The molecule has 2 N–H and O–H groups in total. The highest BCUT2D eigenvalue weighted by molar-refractivity contribution is 9.10. The van der Waals surface area contributed by atoms with Gasteiger partial charge in [0, 0.05) is 12.1 Å². The van der Waals surface area contributed by atoms with Gasteiger partial charge in [-0.15, -0.1) is 0 Å². The second-order valence-corrected chi connectivity index (χ2v) is 5.78. The van der Waals surface area contributed by atoms with E-state index in [4.69, 9.17) is 5.73 Å². The fourth-order valence-corrected chi connectivity index (χ4v) is 2.15. The monoisotopic (exact) mass is 287 g/mol. The van der Waals surface area contributed by atoms with Gasteiger partial charge in [-0.25, -0.2) is 0 Å². The first-order valence-electron chi connectivity index (χ1n) is 5.91. The van der Waals surface area contributed by atoms with Gasteiger partial charge in [0.15, 0.2) is 0 Å². The fraction of sp³-hybridized carbons (Fsp3) is 0.750. The van der Waals surface area contributed by atoms with Gasteiger partial charge in [-0.05, 0) is 48.5 Å². The summed E-state index contributed by atoms with van der Waals surface area (Å²) in [5.74, 6) is 0.536. The number of halogens is 1. The topological polar surface area (TPSA) is 43.8 Å². The maximum atomic E-state index is 6.06. The molecule has 1 atom stereocenters. The first-order valence-corrected chi connectivity index (χ1v) is 6.70. The van der Waals surface area contributed by atoms with Crippen LogP contribution in [0.2, 0.25) is 0 Å². The van der Waals surface area contributed by atoms with E-state index in [2.05, 4.69) is 53.4 Å². The Morgan fingerprint density at radius 1 is 1.38 bits per heavy atom. The maximum absolute atomic E-state index is 6.06. The molecule has 1 aromatic heterocycles. The number of hydrogen-bond donors (Lipinski definition) is 1. The Bertz CT molecular complexity index is 331. The standard InChI is InChI=1S/C12H22BrN3/c1-8(2)11(14)5-6-12-10(13)7-15-16(12)9(3)4/h7-9,11H,5-6,14H2,1-4H3. The van der Waals surface area contributed by atoms with Gasteiger partial charge in [0.2, 0.25) is 0 Å². The van der Waals surface area contributed by atoms with Gasteiger partial charge in [0.05, 0.1) is 16.4 Å². The molecule has 0 spiro atoms. The molecule has 3 nitrogen and oxygen atoms in total.